The molecule has 3 aromatic rings. The average molecular weight is 491 g/mol. The second-order valence-electron chi connectivity index (χ2n) is 9.45. The number of carbonyl (C=O) groups is 1. The number of benzene rings is 2. The van der Waals surface area contributed by atoms with Crippen LogP contribution in [0.1, 0.15) is 57.4 Å². The minimum atomic E-state index is -0.637. The topological polar surface area (TPSA) is 69.9 Å². The number of allylic oxidation sites excluding steroid dienone is 1. The van der Waals surface area contributed by atoms with Gasteiger partial charge in [0.2, 0.25) is 0 Å². The first-order valence-corrected chi connectivity index (χ1v) is 12.4. The van der Waals surface area contributed by atoms with Crippen molar-refractivity contribution in [3.05, 3.63) is 96.2 Å². The maximum atomic E-state index is 13.7. The molecule has 0 saturated heterocycles. The molecule has 0 spiro atoms. The predicted molar refractivity (Wildman–Crippen MR) is 139 cm³/mol. The fraction of sp³-hybridized carbons (Fsp3) is 0.321. The molecule has 0 radical (unpaired) electrons. The maximum absolute atomic E-state index is 13.7. The summed E-state index contributed by atoms with van der Waals surface area (Å²) in [5, 5.41) is 0. The normalized spacial score (nSPS) is 16.1. The van der Waals surface area contributed by atoms with E-state index in [1.54, 1.807) is 25.5 Å². The van der Waals surface area contributed by atoms with E-state index in [4.69, 9.17) is 9.47 Å². The van der Waals surface area contributed by atoms with Gasteiger partial charge in [-0.2, -0.15) is 0 Å². The first-order chi connectivity index (χ1) is 16.6. The fourth-order valence-electron chi connectivity index (χ4n) is 4.12. The quantitative estimate of drug-likeness (QED) is 0.505. The molecule has 0 fully saturated rings. The number of methoxy groups -OCH3 is 1. The van der Waals surface area contributed by atoms with E-state index >= 15 is 0 Å². The van der Waals surface area contributed by atoms with Crippen LogP contribution in [0.4, 0.5) is 0 Å². The lowest BCUT2D eigenvalue weighted by Crippen LogP contribution is -2.39. The van der Waals surface area contributed by atoms with Crippen LogP contribution in [0.25, 0.3) is 6.08 Å². The summed E-state index contributed by atoms with van der Waals surface area (Å²) in [6.45, 7) is 10.3. The molecule has 0 amide bonds. The number of hydrogen-bond acceptors (Lipinski definition) is 6. The van der Waals surface area contributed by atoms with Crippen LogP contribution in [0.15, 0.2) is 69.6 Å². The number of ether oxygens (including phenoxy) is 2. The van der Waals surface area contributed by atoms with Gasteiger partial charge in [0.1, 0.15) is 5.75 Å². The Kier molecular flexibility index (Phi) is 6.81. The Balaban J connectivity index is 1.88. The number of esters is 1. The number of fused-ring (bicyclic) bond motifs is 1. The van der Waals surface area contributed by atoms with Crippen molar-refractivity contribution in [3.63, 3.8) is 0 Å². The van der Waals surface area contributed by atoms with Gasteiger partial charge < -0.3 is 9.47 Å². The number of nitrogens with zero attached hydrogens (tertiary/aromatic N) is 2. The zero-order valence-corrected chi connectivity index (χ0v) is 21.7. The summed E-state index contributed by atoms with van der Waals surface area (Å²) in [7, 11) is 1.60. The van der Waals surface area contributed by atoms with E-state index in [9.17, 15) is 9.59 Å². The van der Waals surface area contributed by atoms with Crippen molar-refractivity contribution < 1.29 is 14.3 Å². The molecule has 182 valence electrons. The van der Waals surface area contributed by atoms with Crippen molar-refractivity contribution in [2.24, 2.45) is 4.99 Å². The summed E-state index contributed by atoms with van der Waals surface area (Å²) in [6.07, 6.45) is 1.88. The van der Waals surface area contributed by atoms with Gasteiger partial charge in [0.05, 0.1) is 35.6 Å². The van der Waals surface area contributed by atoms with Crippen LogP contribution in [0.5, 0.6) is 5.75 Å². The minimum Gasteiger partial charge on any atom is -0.497 e. The molecule has 2 heterocycles. The second kappa shape index (κ2) is 9.66. The predicted octanol–water partition coefficient (Wildman–Crippen LogP) is 4.10. The molecule has 1 aliphatic rings. The molecule has 7 heteroatoms. The van der Waals surface area contributed by atoms with E-state index in [0.29, 0.717) is 26.4 Å². The number of aromatic nitrogens is 1. The molecule has 2 aromatic carbocycles. The van der Waals surface area contributed by atoms with Gasteiger partial charge in [0.15, 0.2) is 4.80 Å². The lowest BCUT2D eigenvalue weighted by molar-refractivity contribution is -0.139. The second-order valence-corrected chi connectivity index (χ2v) is 10.5. The molecule has 0 saturated carbocycles. The van der Waals surface area contributed by atoms with Gasteiger partial charge in [-0.1, -0.05) is 68.5 Å². The van der Waals surface area contributed by atoms with Crippen molar-refractivity contribution >= 4 is 23.4 Å². The molecular formula is C28H30N2O4S. The van der Waals surface area contributed by atoms with Crippen molar-refractivity contribution in [1.82, 2.24) is 4.57 Å². The summed E-state index contributed by atoms with van der Waals surface area (Å²) < 4.78 is 12.8. The highest BCUT2D eigenvalue weighted by atomic mass is 32.1. The smallest absolute Gasteiger partial charge is 0.338 e. The number of rotatable bonds is 5. The van der Waals surface area contributed by atoms with Crippen molar-refractivity contribution in [1.29, 1.82) is 0 Å². The lowest BCUT2D eigenvalue weighted by atomic mass is 9.87. The number of thiazole rings is 1. The maximum Gasteiger partial charge on any atom is 0.338 e. The van der Waals surface area contributed by atoms with Crippen LogP contribution in [-0.2, 0) is 14.9 Å². The van der Waals surface area contributed by atoms with Gasteiger partial charge in [-0.25, -0.2) is 9.79 Å². The van der Waals surface area contributed by atoms with Crippen LogP contribution in [0, 0.1) is 0 Å². The lowest BCUT2D eigenvalue weighted by Gasteiger charge is -2.24. The Labute approximate surface area is 208 Å². The summed E-state index contributed by atoms with van der Waals surface area (Å²) >= 11 is 1.32. The van der Waals surface area contributed by atoms with Gasteiger partial charge >= 0.3 is 5.97 Å². The molecule has 0 aliphatic carbocycles. The zero-order chi connectivity index (χ0) is 25.3. The third-order valence-electron chi connectivity index (χ3n) is 6.02. The third-order valence-corrected chi connectivity index (χ3v) is 7.01. The van der Waals surface area contributed by atoms with Gasteiger partial charge in [-0.3, -0.25) is 9.36 Å². The van der Waals surface area contributed by atoms with E-state index in [0.717, 1.165) is 11.1 Å². The first kappa shape index (κ1) is 24.7. The van der Waals surface area contributed by atoms with Gasteiger partial charge in [-0.05, 0) is 54.2 Å². The van der Waals surface area contributed by atoms with E-state index in [-0.39, 0.29) is 17.6 Å². The summed E-state index contributed by atoms with van der Waals surface area (Å²) in [5.74, 6) is 0.222. The summed E-state index contributed by atoms with van der Waals surface area (Å²) in [6, 6.07) is 15.0. The molecular weight excluding hydrogens is 460 g/mol. The Morgan fingerprint density at radius 1 is 1.11 bits per heavy atom. The van der Waals surface area contributed by atoms with Crippen LogP contribution in [0.3, 0.4) is 0 Å². The SMILES string of the molecule is CCOC(=O)C1=C(C)N=c2s/c(=C/c3ccc(C(C)(C)C)cc3)c(=O)n2[C@H]1c1ccc(OC)cc1. The van der Waals surface area contributed by atoms with Crippen LogP contribution < -0.4 is 19.6 Å². The van der Waals surface area contributed by atoms with Crippen LogP contribution in [-0.4, -0.2) is 24.3 Å². The first-order valence-electron chi connectivity index (χ1n) is 11.6. The largest absolute Gasteiger partial charge is 0.497 e. The molecule has 4 rings (SSSR count). The van der Waals surface area contributed by atoms with E-state index < -0.39 is 12.0 Å². The minimum absolute atomic E-state index is 0.0528. The van der Waals surface area contributed by atoms with Crippen molar-refractivity contribution in [3.8, 4) is 5.75 Å². The molecule has 0 N–H and O–H groups in total. The Morgan fingerprint density at radius 3 is 2.34 bits per heavy atom. The Morgan fingerprint density at radius 2 is 1.77 bits per heavy atom. The Bertz CT molecular complexity index is 1450. The highest BCUT2D eigenvalue weighted by molar-refractivity contribution is 7.07. The monoisotopic (exact) mass is 490 g/mol. The third kappa shape index (κ3) is 4.86. The van der Waals surface area contributed by atoms with Crippen molar-refractivity contribution in [2.45, 2.75) is 46.1 Å². The molecule has 1 atom stereocenters. The zero-order valence-electron chi connectivity index (χ0n) is 20.9. The molecule has 35 heavy (non-hydrogen) atoms. The summed E-state index contributed by atoms with van der Waals surface area (Å²) in [5.41, 5.74) is 3.72. The van der Waals surface area contributed by atoms with E-state index in [1.807, 2.05) is 42.5 Å². The van der Waals surface area contributed by atoms with Gasteiger partial charge in [0.25, 0.3) is 5.56 Å². The number of hydrogen-bond donors (Lipinski definition) is 0. The number of carbonyl (C=O) groups excluding carboxylic acids is 1. The van der Waals surface area contributed by atoms with Gasteiger partial charge in [0, 0.05) is 0 Å². The van der Waals surface area contributed by atoms with Crippen LogP contribution >= 0.6 is 11.3 Å². The molecule has 1 aliphatic heterocycles. The standard InChI is InChI=1S/C28H30N2O4S/c1-7-34-26(32)23-17(2)29-27-30(24(23)19-10-14-21(33-6)15-11-19)25(31)22(35-27)16-18-8-12-20(13-9-18)28(3,4)5/h8-16,24H,7H2,1-6H3/b22-16+/t24-/m0/s1. The summed E-state index contributed by atoms with van der Waals surface area (Å²) in [4.78, 5) is 31.8. The Hall–Kier alpha value is -3.45. The highest BCUT2D eigenvalue weighted by Crippen LogP contribution is 2.31. The van der Waals surface area contributed by atoms with Crippen LogP contribution in [0.2, 0.25) is 0 Å². The van der Waals surface area contributed by atoms with E-state index in [1.165, 1.54) is 16.9 Å². The molecule has 0 unspecified atom stereocenters. The van der Waals surface area contributed by atoms with Gasteiger partial charge in [-0.15, -0.1) is 0 Å². The molecule has 6 nitrogen and oxygen atoms in total. The highest BCUT2D eigenvalue weighted by Gasteiger charge is 2.33. The molecule has 1 aromatic heterocycles. The molecule has 0 bridgehead atoms. The van der Waals surface area contributed by atoms with E-state index in [2.05, 4.69) is 37.9 Å². The fourth-order valence-corrected chi connectivity index (χ4v) is 5.17. The average Bonchev–Trinajstić information content (AvgIpc) is 3.12. The van der Waals surface area contributed by atoms with Crippen molar-refractivity contribution in [2.75, 3.05) is 13.7 Å².